The topological polar surface area (TPSA) is 106 Å². The summed E-state index contributed by atoms with van der Waals surface area (Å²) in [7, 11) is -1.39. The molecular weight excluding hydrogens is 364 g/mol. The van der Waals surface area contributed by atoms with Gasteiger partial charge in [0, 0.05) is 12.5 Å². The first-order valence-electron chi connectivity index (χ1n) is 8.33. The maximum Gasteiger partial charge on any atom is 0.278 e. The molecule has 27 heavy (non-hydrogen) atoms. The highest BCUT2D eigenvalue weighted by Gasteiger charge is 2.46. The lowest BCUT2D eigenvalue weighted by atomic mass is 10.0. The predicted octanol–water partition coefficient (Wildman–Crippen LogP) is 1.46. The Kier molecular flexibility index (Phi) is 4.00. The highest BCUT2D eigenvalue weighted by molar-refractivity contribution is 7.84. The van der Waals surface area contributed by atoms with Gasteiger partial charge in [0.05, 0.1) is 34.5 Å². The Morgan fingerprint density at radius 2 is 2.19 bits per heavy atom. The zero-order chi connectivity index (χ0) is 19.2. The Balaban J connectivity index is 2.01. The molecule has 9 heteroatoms. The Morgan fingerprint density at radius 1 is 1.41 bits per heavy atom. The first kappa shape index (κ1) is 17.3. The minimum atomic E-state index is -1.39. The third-order valence-electron chi connectivity index (χ3n) is 4.62. The fourth-order valence-electron chi connectivity index (χ4n) is 3.03. The fraction of sp³-hybridized carbons (Fsp3) is 0.278. The highest BCUT2D eigenvalue weighted by atomic mass is 32.2. The molecule has 1 unspecified atom stereocenters. The lowest BCUT2D eigenvalue weighted by Crippen LogP contribution is -2.22. The third kappa shape index (κ3) is 2.69. The molecule has 0 spiro atoms. The second-order valence-corrected chi connectivity index (χ2v) is 7.68. The van der Waals surface area contributed by atoms with E-state index in [-0.39, 0.29) is 17.3 Å². The lowest BCUT2D eigenvalue weighted by Gasteiger charge is -2.12. The number of nitrogens with zero attached hydrogens (tertiary/aromatic N) is 6. The molecule has 136 valence electrons. The van der Waals surface area contributed by atoms with E-state index in [9.17, 15) is 14.3 Å². The predicted molar refractivity (Wildman–Crippen MR) is 100.0 cm³/mol. The van der Waals surface area contributed by atoms with Crippen molar-refractivity contribution >= 4 is 21.8 Å². The van der Waals surface area contributed by atoms with E-state index < -0.39 is 16.2 Å². The summed E-state index contributed by atoms with van der Waals surface area (Å²) in [6, 6.07) is 7.71. The summed E-state index contributed by atoms with van der Waals surface area (Å²) in [5, 5.41) is 9.91. The van der Waals surface area contributed by atoms with Crippen LogP contribution >= 0.6 is 0 Å². The van der Waals surface area contributed by atoms with E-state index >= 15 is 0 Å². The standard InChI is InChI=1S/C18H16N6O2S/c1-3-9-23-16(25)12-10-20-17(27(2)26)22-15(12)24(23)14-6-4-5-13(21-14)18(11-19)7-8-18/h3-6,10H,1,7-9H2,2H3. The van der Waals surface area contributed by atoms with E-state index in [1.807, 2.05) is 12.1 Å². The van der Waals surface area contributed by atoms with Gasteiger partial charge in [-0.05, 0) is 25.0 Å². The van der Waals surface area contributed by atoms with Crippen molar-refractivity contribution in [3.05, 3.63) is 53.1 Å². The largest absolute Gasteiger partial charge is 0.278 e. The van der Waals surface area contributed by atoms with Gasteiger partial charge >= 0.3 is 0 Å². The number of nitriles is 1. The molecule has 3 aromatic heterocycles. The fourth-order valence-corrected chi connectivity index (χ4v) is 3.45. The summed E-state index contributed by atoms with van der Waals surface area (Å²) in [5.74, 6) is 0.467. The van der Waals surface area contributed by atoms with E-state index in [4.69, 9.17) is 0 Å². The molecule has 0 N–H and O–H groups in total. The van der Waals surface area contributed by atoms with Crippen molar-refractivity contribution in [1.29, 1.82) is 5.26 Å². The van der Waals surface area contributed by atoms with Gasteiger partial charge in [0.15, 0.2) is 11.5 Å². The first-order valence-corrected chi connectivity index (χ1v) is 9.88. The lowest BCUT2D eigenvalue weighted by molar-refractivity contribution is 0.593. The van der Waals surface area contributed by atoms with Gasteiger partial charge in [0.2, 0.25) is 5.16 Å². The van der Waals surface area contributed by atoms with Gasteiger partial charge in [-0.1, -0.05) is 12.1 Å². The quantitative estimate of drug-likeness (QED) is 0.490. The highest BCUT2D eigenvalue weighted by Crippen LogP contribution is 2.46. The summed E-state index contributed by atoms with van der Waals surface area (Å²) < 4.78 is 14.8. The van der Waals surface area contributed by atoms with Crippen LogP contribution in [-0.4, -0.2) is 34.8 Å². The van der Waals surface area contributed by atoms with Crippen molar-refractivity contribution < 1.29 is 4.21 Å². The molecule has 1 saturated carbocycles. The molecule has 3 heterocycles. The van der Waals surface area contributed by atoms with E-state index in [2.05, 4.69) is 27.6 Å². The Labute approximate surface area is 157 Å². The molecule has 0 amide bonds. The van der Waals surface area contributed by atoms with Crippen LogP contribution in [0.5, 0.6) is 0 Å². The summed E-state index contributed by atoms with van der Waals surface area (Å²) in [6.07, 6.45) is 6.01. The number of aromatic nitrogens is 5. The van der Waals surface area contributed by atoms with E-state index in [1.165, 1.54) is 17.1 Å². The second-order valence-electron chi connectivity index (χ2n) is 6.41. The smallest absolute Gasteiger partial charge is 0.267 e. The van der Waals surface area contributed by atoms with Gasteiger partial charge in [0.1, 0.15) is 5.39 Å². The van der Waals surface area contributed by atoms with Gasteiger partial charge < -0.3 is 0 Å². The SMILES string of the molecule is C=CCn1c(=O)c2cnc(S(C)=O)nc2n1-c1cccc(C2(C#N)CC2)n1. The van der Waals surface area contributed by atoms with Gasteiger partial charge in [0.25, 0.3) is 5.56 Å². The average molecular weight is 380 g/mol. The van der Waals surface area contributed by atoms with Crippen LogP contribution in [0.2, 0.25) is 0 Å². The molecule has 1 atom stereocenters. The van der Waals surface area contributed by atoms with Crippen LogP contribution in [0.1, 0.15) is 18.5 Å². The summed E-state index contributed by atoms with van der Waals surface area (Å²) in [4.78, 5) is 25.8. The Hall–Kier alpha value is -3.12. The minimum absolute atomic E-state index is 0.138. The maximum atomic E-state index is 12.8. The molecule has 0 bridgehead atoms. The first-order chi connectivity index (χ1) is 13.0. The van der Waals surface area contributed by atoms with Crippen LogP contribution in [0.15, 0.2) is 47.0 Å². The molecular formula is C18H16N6O2S. The Morgan fingerprint density at radius 3 is 2.81 bits per heavy atom. The van der Waals surface area contributed by atoms with Crippen molar-refractivity contribution in [1.82, 2.24) is 24.3 Å². The molecule has 1 aliphatic carbocycles. The van der Waals surface area contributed by atoms with Crippen molar-refractivity contribution in [2.75, 3.05) is 6.26 Å². The monoisotopic (exact) mass is 380 g/mol. The summed E-state index contributed by atoms with van der Waals surface area (Å²) in [5.41, 5.74) is 0.170. The van der Waals surface area contributed by atoms with Crippen LogP contribution in [0.4, 0.5) is 0 Å². The number of hydrogen-bond acceptors (Lipinski definition) is 6. The van der Waals surface area contributed by atoms with E-state index in [0.29, 0.717) is 22.5 Å². The van der Waals surface area contributed by atoms with Crippen LogP contribution in [0.25, 0.3) is 16.9 Å². The van der Waals surface area contributed by atoms with Crippen LogP contribution in [0, 0.1) is 11.3 Å². The molecule has 4 rings (SSSR count). The zero-order valence-electron chi connectivity index (χ0n) is 14.6. The van der Waals surface area contributed by atoms with Gasteiger partial charge in [-0.25, -0.2) is 24.3 Å². The molecule has 0 aliphatic heterocycles. The molecule has 3 aromatic rings. The van der Waals surface area contributed by atoms with Gasteiger partial charge in [-0.15, -0.1) is 6.58 Å². The zero-order valence-corrected chi connectivity index (χ0v) is 15.4. The molecule has 1 fully saturated rings. The number of allylic oxidation sites excluding steroid dienone is 1. The van der Waals surface area contributed by atoms with Crippen molar-refractivity contribution in [2.45, 2.75) is 30.0 Å². The number of fused-ring (bicyclic) bond motifs is 1. The molecule has 1 aliphatic rings. The van der Waals surface area contributed by atoms with Crippen LogP contribution in [0.3, 0.4) is 0 Å². The Bertz CT molecular complexity index is 1200. The van der Waals surface area contributed by atoms with Gasteiger partial charge in [-0.3, -0.25) is 9.00 Å². The normalized spacial score (nSPS) is 16.0. The molecule has 0 saturated heterocycles. The number of rotatable bonds is 5. The van der Waals surface area contributed by atoms with Crippen LogP contribution < -0.4 is 5.56 Å². The summed E-state index contributed by atoms with van der Waals surface area (Å²) >= 11 is 0. The van der Waals surface area contributed by atoms with Crippen molar-refractivity contribution in [3.63, 3.8) is 0 Å². The van der Waals surface area contributed by atoms with E-state index in [1.54, 1.807) is 16.8 Å². The molecule has 0 radical (unpaired) electrons. The number of hydrogen-bond donors (Lipinski definition) is 0. The van der Waals surface area contributed by atoms with Gasteiger partial charge in [-0.2, -0.15) is 5.26 Å². The third-order valence-corrected chi connectivity index (χ3v) is 5.33. The van der Waals surface area contributed by atoms with E-state index in [0.717, 1.165) is 12.8 Å². The molecule has 0 aromatic carbocycles. The number of pyridine rings is 1. The molecule has 8 nitrogen and oxygen atoms in total. The average Bonchev–Trinajstić information content (AvgIpc) is 3.43. The summed E-state index contributed by atoms with van der Waals surface area (Å²) in [6.45, 7) is 3.95. The van der Waals surface area contributed by atoms with Crippen molar-refractivity contribution in [3.8, 4) is 11.9 Å². The van der Waals surface area contributed by atoms with Crippen LogP contribution in [-0.2, 0) is 22.8 Å². The maximum absolute atomic E-state index is 12.8. The second kappa shape index (κ2) is 6.25. The van der Waals surface area contributed by atoms with Crippen molar-refractivity contribution in [2.24, 2.45) is 0 Å². The minimum Gasteiger partial charge on any atom is -0.267 e.